The number of hydrogen-bond donors (Lipinski definition) is 4. The summed E-state index contributed by atoms with van der Waals surface area (Å²) < 4.78 is 60.7. The Morgan fingerprint density at radius 3 is 2.25 bits per heavy atom. The third kappa shape index (κ3) is 13.6. The number of aromatic nitrogens is 2. The van der Waals surface area contributed by atoms with Gasteiger partial charge in [0.25, 0.3) is 23.7 Å². The Kier molecular flexibility index (Phi) is 14.6. The molecule has 0 unspecified atom stereocenters. The number of hydrogen-bond acceptors (Lipinski definition) is 17. The van der Waals surface area contributed by atoms with E-state index < -0.39 is 81.1 Å². The largest absolute Gasteiger partial charge is 0.489 e. The lowest BCUT2D eigenvalue weighted by molar-refractivity contribution is -0.656. The van der Waals surface area contributed by atoms with Gasteiger partial charge in [0.2, 0.25) is 0 Å². The van der Waals surface area contributed by atoms with Gasteiger partial charge in [0.1, 0.15) is 40.9 Å². The van der Waals surface area contributed by atoms with Crippen molar-refractivity contribution in [3.8, 4) is 5.75 Å². The summed E-state index contributed by atoms with van der Waals surface area (Å²) in [5.41, 5.74) is -4.63. The Labute approximate surface area is 380 Å². The minimum atomic E-state index is -5.09. The molecule has 22 nitrogen and oxygen atoms in total. The number of rotatable bonds is 15. The van der Waals surface area contributed by atoms with E-state index in [1.54, 1.807) is 58.6 Å². The standard InChI is InChI=1S/C41H56N8O14S2/c1-38(2,3)59-34(52)28(21-58-25-13-14-26-24(17-25)15-16-47(12)31(26)42-18-23-19-48(20-23)37(54)61-40(7,8)9)62-46-29(27-22-64-35(43-27)45-36(53)60-39(4,5)6)32(50)44-30-33(51)49(41(30,10)11)63-65(55,56)57/h13-17,22-23,28,30H,18-21H2,1-12H3,(H3,43,44,45,50,53,55,56,57)/p+1/b46-29-/t28-,30+/m0/s1. The number of oxime groups is 1. The number of ether oxygens (including phenoxy) is 4. The highest BCUT2D eigenvalue weighted by Gasteiger charge is 2.58. The molecule has 2 fully saturated rings. The lowest BCUT2D eigenvalue weighted by Gasteiger charge is -2.50. The lowest BCUT2D eigenvalue weighted by Crippen LogP contribution is -2.76. The highest BCUT2D eigenvalue weighted by atomic mass is 32.3. The van der Waals surface area contributed by atoms with Gasteiger partial charge in [-0.05, 0) is 106 Å². The molecule has 65 heavy (non-hydrogen) atoms. The molecular weight excluding hydrogens is 893 g/mol. The fourth-order valence-corrected chi connectivity index (χ4v) is 7.46. The molecule has 24 heteroatoms. The zero-order chi connectivity index (χ0) is 48.4. The van der Waals surface area contributed by atoms with Crippen LogP contribution in [0, 0.1) is 5.92 Å². The number of nitrogens with zero attached hydrogens (tertiary/aromatic N) is 5. The molecule has 3 aromatic rings. The molecule has 4 heterocycles. The van der Waals surface area contributed by atoms with Gasteiger partial charge in [-0.3, -0.25) is 24.8 Å². The van der Waals surface area contributed by atoms with E-state index in [1.165, 1.54) is 19.2 Å². The van der Waals surface area contributed by atoms with Crippen LogP contribution >= 0.6 is 11.3 Å². The molecule has 2 saturated heterocycles. The lowest BCUT2D eigenvalue weighted by atomic mass is 9.84. The smallest absolute Gasteiger partial charge is 0.418 e. The molecule has 0 bridgehead atoms. The third-order valence-corrected chi connectivity index (χ3v) is 10.4. The molecule has 5 rings (SSSR count). The highest BCUT2D eigenvalue weighted by molar-refractivity contribution is 7.80. The summed E-state index contributed by atoms with van der Waals surface area (Å²) in [6, 6.07) is 5.81. The molecule has 2 atom stereocenters. The Balaban J connectivity index is 1.36. The number of pyridine rings is 1. The number of nitrogens with one attached hydrogen (secondary N) is 3. The number of β-lactam (4-membered cyclic amide) rings is 1. The van der Waals surface area contributed by atoms with Crippen molar-refractivity contribution in [1.29, 1.82) is 0 Å². The Hall–Kier alpha value is -5.85. The molecule has 1 aromatic carbocycles. The van der Waals surface area contributed by atoms with E-state index in [1.807, 2.05) is 50.7 Å². The van der Waals surface area contributed by atoms with E-state index in [2.05, 4.69) is 30.4 Å². The first-order chi connectivity index (χ1) is 29.9. The number of carbonyl (C=O) groups excluding carboxylic acids is 5. The van der Waals surface area contributed by atoms with Crippen molar-refractivity contribution < 1.29 is 69.6 Å². The maximum absolute atomic E-state index is 13.9. The zero-order valence-electron chi connectivity index (χ0n) is 38.3. The van der Waals surface area contributed by atoms with Crippen molar-refractivity contribution in [2.75, 3.05) is 36.9 Å². The van der Waals surface area contributed by atoms with Crippen molar-refractivity contribution in [1.82, 2.24) is 20.3 Å². The summed E-state index contributed by atoms with van der Waals surface area (Å²) >= 11 is 0.895. The molecule has 4 amide bonds. The van der Waals surface area contributed by atoms with Crippen LogP contribution in [-0.4, -0.2) is 124 Å². The van der Waals surface area contributed by atoms with Gasteiger partial charge >= 0.3 is 28.6 Å². The van der Waals surface area contributed by atoms with E-state index >= 15 is 0 Å². The van der Waals surface area contributed by atoms with Gasteiger partial charge in [0.15, 0.2) is 10.8 Å². The number of benzene rings is 1. The average molecular weight is 950 g/mol. The van der Waals surface area contributed by atoms with Crippen LogP contribution < -0.4 is 25.3 Å². The maximum Gasteiger partial charge on any atom is 0.418 e. The minimum Gasteiger partial charge on any atom is -0.489 e. The van der Waals surface area contributed by atoms with E-state index in [-0.39, 0.29) is 22.8 Å². The number of carbonyl (C=O) groups is 5. The topological polar surface area (TPSA) is 267 Å². The Bertz CT molecular complexity index is 2450. The Morgan fingerprint density at radius 1 is 1.00 bits per heavy atom. The molecular formula is C41H57N8O14S2+. The number of aryl methyl sites for hydroxylation is 1. The van der Waals surface area contributed by atoms with Crippen molar-refractivity contribution >= 4 is 79.1 Å². The van der Waals surface area contributed by atoms with Gasteiger partial charge in [0, 0.05) is 24.4 Å². The summed E-state index contributed by atoms with van der Waals surface area (Å²) in [7, 11) is -3.19. The van der Waals surface area contributed by atoms with Crippen LogP contribution in [0.1, 0.15) is 81.9 Å². The van der Waals surface area contributed by atoms with Gasteiger partial charge in [0.05, 0.1) is 30.7 Å². The molecule has 2 aromatic heterocycles. The number of esters is 1. The van der Waals surface area contributed by atoms with Crippen LogP contribution in [-0.2, 0) is 55.2 Å². The first kappa shape index (κ1) is 50.2. The molecule has 0 radical (unpaired) electrons. The summed E-state index contributed by atoms with van der Waals surface area (Å²) in [6.07, 6.45) is -0.884. The summed E-state index contributed by atoms with van der Waals surface area (Å²) in [5, 5.41) is 15.8. The molecule has 356 valence electrons. The number of likely N-dealkylation sites (tertiary alicyclic amines) is 1. The summed E-state index contributed by atoms with van der Waals surface area (Å²) in [5.74, 6) is -1.59. The molecule has 0 saturated carbocycles. The number of fused-ring (bicyclic) bond motifs is 1. The third-order valence-electron chi connectivity index (χ3n) is 9.31. The second kappa shape index (κ2) is 18.9. The van der Waals surface area contributed by atoms with Gasteiger partial charge < -0.3 is 34.0 Å². The van der Waals surface area contributed by atoms with E-state index in [4.69, 9.17) is 28.3 Å². The fraction of sp³-hybridized carbons (Fsp3) is 0.561. The van der Waals surface area contributed by atoms with E-state index in [0.717, 1.165) is 27.9 Å². The van der Waals surface area contributed by atoms with Crippen LogP contribution in [0.2, 0.25) is 0 Å². The second-order valence-corrected chi connectivity index (χ2v) is 20.8. The van der Waals surface area contributed by atoms with Gasteiger partial charge in [-0.15, -0.1) is 15.6 Å². The van der Waals surface area contributed by atoms with Crippen LogP contribution in [0.25, 0.3) is 10.8 Å². The van der Waals surface area contributed by atoms with Gasteiger partial charge in [-0.1, -0.05) is 5.16 Å². The summed E-state index contributed by atoms with van der Waals surface area (Å²) in [4.78, 5) is 77.0. The number of amides is 4. The van der Waals surface area contributed by atoms with E-state index in [0.29, 0.717) is 30.4 Å². The number of thiazole rings is 1. The number of anilines is 2. The van der Waals surface area contributed by atoms with Gasteiger partial charge in [-0.25, -0.2) is 23.9 Å². The SMILES string of the molecule is C[n+]1ccc2cc(OC[C@H](O/N=C(\C(=O)N[C@@H]3C(=O)N(OS(=O)(=O)O)C3(C)C)c3csc(NC(=O)OC(C)(C)C)n3)C(=O)OC(C)(C)C)ccc2c1NCC1CN(C(=O)OC(C)(C)C)C1. The maximum atomic E-state index is 13.9. The van der Waals surface area contributed by atoms with Crippen molar-refractivity contribution in [3.05, 3.63) is 41.5 Å². The zero-order valence-corrected chi connectivity index (χ0v) is 40.0. The first-order valence-electron chi connectivity index (χ1n) is 20.4. The highest BCUT2D eigenvalue weighted by Crippen LogP contribution is 2.33. The molecule has 2 aliphatic heterocycles. The van der Waals surface area contributed by atoms with Crippen LogP contribution in [0.15, 0.2) is 41.0 Å². The van der Waals surface area contributed by atoms with E-state index in [9.17, 15) is 32.4 Å². The monoisotopic (exact) mass is 949 g/mol. The normalized spacial score (nSPS) is 17.3. The minimum absolute atomic E-state index is 0.00862. The van der Waals surface area contributed by atoms with Crippen LogP contribution in [0.5, 0.6) is 5.75 Å². The number of hydroxylamine groups is 2. The van der Waals surface area contributed by atoms with Gasteiger partial charge in [-0.2, -0.15) is 13.5 Å². The first-order valence-corrected chi connectivity index (χ1v) is 22.6. The van der Waals surface area contributed by atoms with Crippen LogP contribution in [0.4, 0.5) is 20.5 Å². The quantitative estimate of drug-likeness (QED) is 0.0318. The molecule has 0 aliphatic carbocycles. The average Bonchev–Trinajstić information content (AvgIpc) is 3.58. The van der Waals surface area contributed by atoms with Crippen molar-refractivity contribution in [3.63, 3.8) is 0 Å². The predicted octanol–water partition coefficient (Wildman–Crippen LogP) is 4.10. The van der Waals surface area contributed by atoms with Crippen molar-refractivity contribution in [2.24, 2.45) is 18.1 Å². The fourth-order valence-electron chi connectivity index (χ4n) is 6.33. The predicted molar refractivity (Wildman–Crippen MR) is 235 cm³/mol. The molecule has 0 spiro atoms. The summed E-state index contributed by atoms with van der Waals surface area (Å²) in [6.45, 7) is 19.4. The van der Waals surface area contributed by atoms with Crippen LogP contribution in [0.3, 0.4) is 0 Å². The van der Waals surface area contributed by atoms with Crippen molar-refractivity contribution in [2.45, 2.75) is 111 Å². The Morgan fingerprint density at radius 2 is 1.65 bits per heavy atom. The molecule has 4 N–H and O–H groups in total. The molecule has 2 aliphatic rings. The second-order valence-electron chi connectivity index (χ2n) is 18.9.